The van der Waals surface area contributed by atoms with E-state index in [-0.39, 0.29) is 18.0 Å². The van der Waals surface area contributed by atoms with Crippen LogP contribution in [-0.2, 0) is 11.3 Å². The fourth-order valence-electron chi connectivity index (χ4n) is 1.71. The third-order valence-electron chi connectivity index (χ3n) is 2.82. The molecule has 1 rings (SSSR count). The molecule has 2 N–H and O–H groups in total. The molecule has 0 heterocycles. The molecule has 0 spiro atoms. The highest BCUT2D eigenvalue weighted by Gasteiger charge is 2.13. The molecule has 1 unspecified atom stereocenters. The molecular formula is C15H21N3O2. The van der Waals surface area contributed by atoms with E-state index in [2.05, 4.69) is 16.7 Å². The van der Waals surface area contributed by atoms with E-state index in [4.69, 9.17) is 10.00 Å². The number of carbonyl (C=O) groups is 1. The number of rotatable bonds is 6. The van der Waals surface area contributed by atoms with Gasteiger partial charge in [-0.1, -0.05) is 6.07 Å². The highest BCUT2D eigenvalue weighted by atomic mass is 16.5. The van der Waals surface area contributed by atoms with Gasteiger partial charge < -0.3 is 15.4 Å². The van der Waals surface area contributed by atoms with Gasteiger partial charge in [0.25, 0.3) is 0 Å². The summed E-state index contributed by atoms with van der Waals surface area (Å²) in [5, 5.41) is 14.9. The Morgan fingerprint density at radius 3 is 2.65 bits per heavy atom. The Balaban J connectivity index is 2.62. The van der Waals surface area contributed by atoms with Crippen molar-refractivity contribution >= 4 is 5.91 Å². The molecule has 1 aromatic carbocycles. The molecule has 0 bridgehead atoms. The summed E-state index contributed by atoms with van der Waals surface area (Å²) in [6.07, 6.45) is 0. The van der Waals surface area contributed by atoms with Crippen LogP contribution in [0.5, 0.6) is 5.75 Å². The number of nitrogens with zero attached hydrogens (tertiary/aromatic N) is 1. The summed E-state index contributed by atoms with van der Waals surface area (Å²) in [6.45, 7) is 6.21. The highest BCUT2D eigenvalue weighted by Crippen LogP contribution is 2.19. The van der Waals surface area contributed by atoms with Gasteiger partial charge in [0.15, 0.2) is 0 Å². The maximum absolute atomic E-state index is 11.8. The topological polar surface area (TPSA) is 74.2 Å². The maximum Gasteiger partial charge on any atom is 0.237 e. The molecule has 20 heavy (non-hydrogen) atoms. The normalized spacial score (nSPS) is 11.8. The van der Waals surface area contributed by atoms with Crippen molar-refractivity contribution in [2.75, 3.05) is 7.11 Å². The smallest absolute Gasteiger partial charge is 0.237 e. The first-order valence-corrected chi connectivity index (χ1v) is 6.58. The van der Waals surface area contributed by atoms with E-state index in [1.807, 2.05) is 26.8 Å². The number of hydrogen-bond acceptors (Lipinski definition) is 4. The summed E-state index contributed by atoms with van der Waals surface area (Å²) < 4.78 is 5.15. The van der Waals surface area contributed by atoms with Crippen molar-refractivity contribution in [2.24, 2.45) is 0 Å². The average molecular weight is 275 g/mol. The zero-order valence-electron chi connectivity index (χ0n) is 12.4. The number of ether oxygens (including phenoxy) is 1. The molecule has 108 valence electrons. The summed E-state index contributed by atoms with van der Waals surface area (Å²) in [5.41, 5.74) is 1.46. The first-order chi connectivity index (χ1) is 9.47. The van der Waals surface area contributed by atoms with Gasteiger partial charge in [0.05, 0.1) is 18.7 Å². The van der Waals surface area contributed by atoms with Crippen molar-refractivity contribution in [3.05, 3.63) is 29.3 Å². The standard InChI is InChI=1S/C15H21N3O2/c1-10(2)18-15(19)11(3)17-9-12-5-6-13(8-16)14(7-12)20-4/h5-7,10-11,17H,9H2,1-4H3,(H,18,19). The summed E-state index contributed by atoms with van der Waals surface area (Å²) in [7, 11) is 1.53. The van der Waals surface area contributed by atoms with Gasteiger partial charge in [0, 0.05) is 12.6 Å². The number of hydrogen-bond donors (Lipinski definition) is 2. The first kappa shape index (κ1) is 16.0. The lowest BCUT2D eigenvalue weighted by Crippen LogP contribution is -2.44. The molecule has 0 aromatic heterocycles. The lowest BCUT2D eigenvalue weighted by Gasteiger charge is -2.16. The van der Waals surface area contributed by atoms with Crippen molar-refractivity contribution in [3.8, 4) is 11.8 Å². The molecule has 0 saturated carbocycles. The average Bonchev–Trinajstić information content (AvgIpc) is 2.43. The Bertz CT molecular complexity index is 506. The highest BCUT2D eigenvalue weighted by molar-refractivity contribution is 5.81. The number of nitriles is 1. The van der Waals surface area contributed by atoms with E-state index >= 15 is 0 Å². The molecule has 5 nitrogen and oxygen atoms in total. The molecule has 0 aliphatic carbocycles. The van der Waals surface area contributed by atoms with Gasteiger partial charge >= 0.3 is 0 Å². The first-order valence-electron chi connectivity index (χ1n) is 6.58. The minimum Gasteiger partial charge on any atom is -0.495 e. The Hall–Kier alpha value is -2.06. The van der Waals surface area contributed by atoms with Crippen LogP contribution < -0.4 is 15.4 Å². The van der Waals surface area contributed by atoms with Gasteiger partial charge in [-0.05, 0) is 38.5 Å². The molecule has 5 heteroatoms. The quantitative estimate of drug-likeness (QED) is 0.826. The summed E-state index contributed by atoms with van der Waals surface area (Å²) in [5.74, 6) is 0.520. The van der Waals surface area contributed by atoms with Gasteiger partial charge in [0.2, 0.25) is 5.91 Å². The molecule has 0 radical (unpaired) electrons. The van der Waals surface area contributed by atoms with Gasteiger partial charge in [-0.2, -0.15) is 5.26 Å². The fraction of sp³-hybridized carbons (Fsp3) is 0.467. The van der Waals surface area contributed by atoms with Crippen LogP contribution in [0.25, 0.3) is 0 Å². The third kappa shape index (κ3) is 4.56. The number of nitrogens with one attached hydrogen (secondary N) is 2. The fourth-order valence-corrected chi connectivity index (χ4v) is 1.71. The predicted molar refractivity (Wildman–Crippen MR) is 77.3 cm³/mol. The number of methoxy groups -OCH3 is 1. The van der Waals surface area contributed by atoms with Crippen molar-refractivity contribution < 1.29 is 9.53 Å². The van der Waals surface area contributed by atoms with E-state index in [0.29, 0.717) is 17.9 Å². The number of amides is 1. The van der Waals surface area contributed by atoms with Crippen molar-refractivity contribution in [1.82, 2.24) is 10.6 Å². The van der Waals surface area contributed by atoms with E-state index < -0.39 is 0 Å². The van der Waals surface area contributed by atoms with E-state index in [9.17, 15) is 4.79 Å². The van der Waals surface area contributed by atoms with Gasteiger partial charge in [-0.15, -0.1) is 0 Å². The second kappa shape index (κ2) is 7.51. The maximum atomic E-state index is 11.8. The van der Waals surface area contributed by atoms with E-state index in [0.717, 1.165) is 5.56 Å². The van der Waals surface area contributed by atoms with Crippen LogP contribution in [0.2, 0.25) is 0 Å². The van der Waals surface area contributed by atoms with Crippen LogP contribution >= 0.6 is 0 Å². The van der Waals surface area contributed by atoms with E-state index in [1.54, 1.807) is 12.1 Å². The van der Waals surface area contributed by atoms with Crippen LogP contribution in [-0.4, -0.2) is 25.1 Å². The number of carbonyl (C=O) groups excluding carboxylic acids is 1. The second-order valence-electron chi connectivity index (χ2n) is 4.91. The Morgan fingerprint density at radius 1 is 1.40 bits per heavy atom. The van der Waals surface area contributed by atoms with Crippen LogP contribution in [0.4, 0.5) is 0 Å². The zero-order valence-corrected chi connectivity index (χ0v) is 12.4. The van der Waals surface area contributed by atoms with Gasteiger partial charge in [-0.3, -0.25) is 4.79 Å². The predicted octanol–water partition coefficient (Wildman–Crippen LogP) is 1.57. The molecule has 0 aliphatic heterocycles. The molecule has 1 aromatic rings. The molecule has 0 aliphatic rings. The van der Waals surface area contributed by atoms with Crippen molar-refractivity contribution in [1.29, 1.82) is 5.26 Å². The molecule has 1 amide bonds. The Labute approximate surface area is 119 Å². The van der Waals surface area contributed by atoms with Gasteiger partial charge in [0.1, 0.15) is 11.8 Å². The van der Waals surface area contributed by atoms with Gasteiger partial charge in [-0.25, -0.2) is 0 Å². The lowest BCUT2D eigenvalue weighted by molar-refractivity contribution is -0.123. The SMILES string of the molecule is COc1cc(CNC(C)C(=O)NC(C)C)ccc1C#N. The molecule has 1 atom stereocenters. The van der Waals surface area contributed by atoms with Crippen LogP contribution in [0.3, 0.4) is 0 Å². The minimum atomic E-state index is -0.279. The largest absolute Gasteiger partial charge is 0.495 e. The van der Waals surface area contributed by atoms with Crippen molar-refractivity contribution in [3.63, 3.8) is 0 Å². The zero-order chi connectivity index (χ0) is 15.1. The van der Waals surface area contributed by atoms with Crippen LogP contribution in [0, 0.1) is 11.3 Å². The third-order valence-corrected chi connectivity index (χ3v) is 2.82. The lowest BCUT2D eigenvalue weighted by atomic mass is 10.1. The summed E-state index contributed by atoms with van der Waals surface area (Å²) in [4.78, 5) is 11.8. The summed E-state index contributed by atoms with van der Waals surface area (Å²) in [6, 6.07) is 7.29. The summed E-state index contributed by atoms with van der Waals surface area (Å²) >= 11 is 0. The molecule has 0 fully saturated rings. The number of benzene rings is 1. The van der Waals surface area contributed by atoms with E-state index in [1.165, 1.54) is 7.11 Å². The molecule has 0 saturated heterocycles. The second-order valence-corrected chi connectivity index (χ2v) is 4.91. The minimum absolute atomic E-state index is 0.0272. The monoisotopic (exact) mass is 275 g/mol. The Kier molecular flexibility index (Phi) is 6.01. The van der Waals surface area contributed by atoms with Crippen LogP contribution in [0.15, 0.2) is 18.2 Å². The molecular weight excluding hydrogens is 254 g/mol. The van der Waals surface area contributed by atoms with Crippen molar-refractivity contribution in [2.45, 2.75) is 39.4 Å². The van der Waals surface area contributed by atoms with Crippen LogP contribution in [0.1, 0.15) is 31.9 Å². The Morgan fingerprint density at radius 2 is 2.10 bits per heavy atom.